The summed E-state index contributed by atoms with van der Waals surface area (Å²) in [5.41, 5.74) is 2.59. The normalized spacial score (nSPS) is 16.5. The smallest absolute Gasteiger partial charge is 0.262 e. The third-order valence-corrected chi connectivity index (χ3v) is 5.53. The lowest BCUT2D eigenvalue weighted by molar-refractivity contribution is -0.118. The zero-order valence-corrected chi connectivity index (χ0v) is 15.4. The molecule has 0 radical (unpaired) electrons. The fourth-order valence-corrected chi connectivity index (χ4v) is 4.19. The predicted molar refractivity (Wildman–Crippen MR) is 102 cm³/mol. The predicted octanol–water partition coefficient (Wildman–Crippen LogP) is 4.39. The van der Waals surface area contributed by atoms with Gasteiger partial charge in [-0.05, 0) is 43.2 Å². The Morgan fingerprint density at radius 1 is 1.18 bits per heavy atom. The van der Waals surface area contributed by atoms with Crippen molar-refractivity contribution in [1.29, 1.82) is 0 Å². The van der Waals surface area contributed by atoms with Crippen LogP contribution < -0.4 is 14.9 Å². The topological polar surface area (TPSA) is 55.6 Å². The maximum Gasteiger partial charge on any atom is 0.262 e. The van der Waals surface area contributed by atoms with E-state index in [1.807, 2.05) is 23.6 Å². The number of benzene rings is 2. The van der Waals surface area contributed by atoms with Gasteiger partial charge >= 0.3 is 0 Å². The van der Waals surface area contributed by atoms with E-state index in [9.17, 15) is 13.6 Å². The second-order valence-electron chi connectivity index (χ2n) is 6.76. The molecule has 0 bridgehead atoms. The Hall–Kier alpha value is -3.00. The van der Waals surface area contributed by atoms with Crippen LogP contribution in [0, 0.1) is 11.6 Å². The van der Waals surface area contributed by atoms with E-state index in [-0.39, 0.29) is 18.2 Å². The Morgan fingerprint density at radius 2 is 2.04 bits per heavy atom. The summed E-state index contributed by atoms with van der Waals surface area (Å²) in [6.07, 6.45) is 2.04. The number of nitrogens with one attached hydrogen (secondary N) is 1. The van der Waals surface area contributed by atoms with Crippen LogP contribution >= 0.6 is 11.3 Å². The number of thiazole rings is 1. The molecule has 2 aromatic carbocycles. The van der Waals surface area contributed by atoms with Crippen LogP contribution in [-0.2, 0) is 4.79 Å². The van der Waals surface area contributed by atoms with E-state index in [1.54, 1.807) is 0 Å². The number of amides is 1. The van der Waals surface area contributed by atoms with Crippen LogP contribution in [0.15, 0.2) is 46.8 Å². The van der Waals surface area contributed by atoms with Crippen LogP contribution in [-0.4, -0.2) is 17.1 Å². The van der Waals surface area contributed by atoms with Crippen LogP contribution in [0.2, 0.25) is 0 Å². The molecule has 2 heterocycles. The first kappa shape index (κ1) is 17.1. The first-order valence-electron chi connectivity index (χ1n) is 8.85. The summed E-state index contributed by atoms with van der Waals surface area (Å²) in [6, 6.07) is 9.30. The number of rotatable bonds is 3. The molecular weight excluding hydrogens is 384 g/mol. The fraction of sp³-hybridized carbons (Fsp3) is 0.200. The highest BCUT2D eigenvalue weighted by atomic mass is 32.1. The third kappa shape index (κ3) is 3.09. The molecule has 3 aromatic rings. The SMILES string of the molecule is O=C1COc2ccc(-c3csc(=Nc4ccc(F)cc4F)n3C3CC3)cc2N1. The van der Waals surface area contributed by atoms with E-state index in [1.165, 1.54) is 23.5 Å². The number of aromatic nitrogens is 1. The Labute approximate surface area is 162 Å². The Morgan fingerprint density at radius 3 is 2.82 bits per heavy atom. The zero-order valence-electron chi connectivity index (χ0n) is 14.6. The number of carbonyl (C=O) groups excluding carboxylic acids is 1. The Bertz CT molecular complexity index is 1160. The van der Waals surface area contributed by atoms with E-state index in [0.29, 0.717) is 22.3 Å². The summed E-state index contributed by atoms with van der Waals surface area (Å²) in [7, 11) is 0. The summed E-state index contributed by atoms with van der Waals surface area (Å²) in [6.45, 7) is 0.0130. The molecule has 28 heavy (non-hydrogen) atoms. The first-order chi connectivity index (χ1) is 13.6. The second kappa shape index (κ2) is 6.56. The molecule has 0 atom stereocenters. The monoisotopic (exact) mass is 399 g/mol. The molecule has 5 rings (SSSR count). The molecule has 1 saturated carbocycles. The van der Waals surface area contributed by atoms with Gasteiger partial charge in [0.1, 0.15) is 17.3 Å². The average Bonchev–Trinajstić information content (AvgIpc) is 3.43. The zero-order chi connectivity index (χ0) is 19.3. The van der Waals surface area contributed by atoms with Crippen molar-refractivity contribution in [2.24, 2.45) is 4.99 Å². The molecule has 2 aliphatic rings. The number of nitrogens with zero attached hydrogens (tertiary/aromatic N) is 2. The molecule has 1 N–H and O–H groups in total. The number of ether oxygens (including phenoxy) is 1. The minimum atomic E-state index is -0.689. The van der Waals surface area contributed by atoms with Crippen molar-refractivity contribution in [1.82, 2.24) is 4.57 Å². The molecule has 1 aromatic heterocycles. The molecule has 1 aliphatic heterocycles. The van der Waals surface area contributed by atoms with Crippen LogP contribution in [0.1, 0.15) is 18.9 Å². The van der Waals surface area contributed by atoms with E-state index in [0.717, 1.165) is 30.2 Å². The van der Waals surface area contributed by atoms with Crippen molar-refractivity contribution in [2.45, 2.75) is 18.9 Å². The van der Waals surface area contributed by atoms with Crippen molar-refractivity contribution in [2.75, 3.05) is 11.9 Å². The van der Waals surface area contributed by atoms with Gasteiger partial charge in [-0.25, -0.2) is 13.8 Å². The van der Waals surface area contributed by atoms with E-state index < -0.39 is 11.6 Å². The van der Waals surface area contributed by atoms with Gasteiger partial charge in [0.05, 0.1) is 11.4 Å². The lowest BCUT2D eigenvalue weighted by Gasteiger charge is -2.19. The Balaban J connectivity index is 1.61. The maximum absolute atomic E-state index is 14.0. The van der Waals surface area contributed by atoms with Crippen molar-refractivity contribution in [3.8, 4) is 17.0 Å². The van der Waals surface area contributed by atoms with Crippen LogP contribution in [0.25, 0.3) is 11.3 Å². The number of hydrogen-bond acceptors (Lipinski definition) is 4. The van der Waals surface area contributed by atoms with Gasteiger partial charge < -0.3 is 14.6 Å². The summed E-state index contributed by atoms with van der Waals surface area (Å²) in [5, 5.41) is 4.78. The Kier molecular flexibility index (Phi) is 4.01. The number of fused-ring (bicyclic) bond motifs is 1. The van der Waals surface area contributed by atoms with Gasteiger partial charge in [-0.15, -0.1) is 11.3 Å². The molecule has 1 fully saturated rings. The van der Waals surface area contributed by atoms with Crippen molar-refractivity contribution in [3.63, 3.8) is 0 Å². The number of hydrogen-bond donors (Lipinski definition) is 1. The van der Waals surface area contributed by atoms with Gasteiger partial charge in [-0.2, -0.15) is 0 Å². The van der Waals surface area contributed by atoms with Crippen LogP contribution in [0.4, 0.5) is 20.2 Å². The standard InChI is InChI=1S/C20H15F2N3O2S/c21-12-2-5-15(14(22)8-12)24-20-25(13-3-4-13)17(10-28-20)11-1-6-18-16(7-11)23-19(26)9-27-18/h1-2,5-8,10,13H,3-4,9H2,(H,23,26). The quantitative estimate of drug-likeness (QED) is 0.710. The third-order valence-electron chi connectivity index (χ3n) is 4.69. The number of carbonyl (C=O) groups is 1. The van der Waals surface area contributed by atoms with E-state index >= 15 is 0 Å². The molecular formula is C20H15F2N3O2S. The largest absolute Gasteiger partial charge is 0.482 e. The highest BCUT2D eigenvalue weighted by Crippen LogP contribution is 2.40. The molecule has 8 heteroatoms. The van der Waals surface area contributed by atoms with Gasteiger partial charge in [0.2, 0.25) is 0 Å². The summed E-state index contributed by atoms with van der Waals surface area (Å²) in [4.78, 5) is 16.7. The van der Waals surface area contributed by atoms with Crippen LogP contribution in [0.5, 0.6) is 5.75 Å². The molecule has 0 unspecified atom stereocenters. The minimum Gasteiger partial charge on any atom is -0.482 e. The lowest BCUT2D eigenvalue weighted by atomic mass is 10.1. The summed E-state index contributed by atoms with van der Waals surface area (Å²) < 4.78 is 34.7. The average molecular weight is 399 g/mol. The van der Waals surface area contributed by atoms with E-state index in [4.69, 9.17) is 4.74 Å². The van der Waals surface area contributed by atoms with Gasteiger partial charge in [-0.1, -0.05) is 0 Å². The van der Waals surface area contributed by atoms with E-state index in [2.05, 4.69) is 14.9 Å². The van der Waals surface area contributed by atoms with Crippen molar-refractivity contribution >= 4 is 28.6 Å². The van der Waals surface area contributed by atoms with Crippen molar-refractivity contribution < 1.29 is 18.3 Å². The highest BCUT2D eigenvalue weighted by Gasteiger charge is 2.28. The molecule has 1 aliphatic carbocycles. The van der Waals surface area contributed by atoms with Crippen LogP contribution in [0.3, 0.4) is 0 Å². The highest BCUT2D eigenvalue weighted by molar-refractivity contribution is 7.07. The lowest BCUT2D eigenvalue weighted by Crippen LogP contribution is -2.25. The number of anilines is 1. The second-order valence-corrected chi connectivity index (χ2v) is 7.60. The first-order valence-corrected chi connectivity index (χ1v) is 9.73. The number of halogens is 2. The molecule has 142 valence electrons. The molecule has 0 spiro atoms. The minimum absolute atomic E-state index is 0.0130. The van der Waals surface area contributed by atoms with Gasteiger partial charge in [0.25, 0.3) is 5.91 Å². The molecule has 5 nitrogen and oxygen atoms in total. The molecule has 0 saturated heterocycles. The van der Waals surface area contributed by atoms with Gasteiger partial charge in [-0.3, -0.25) is 4.79 Å². The maximum atomic E-state index is 14.0. The van der Waals surface area contributed by atoms with Gasteiger partial charge in [0, 0.05) is 23.1 Å². The fourth-order valence-electron chi connectivity index (χ4n) is 3.22. The molecule has 1 amide bonds. The summed E-state index contributed by atoms with van der Waals surface area (Å²) in [5.74, 6) is -0.870. The summed E-state index contributed by atoms with van der Waals surface area (Å²) >= 11 is 1.40. The van der Waals surface area contributed by atoms with Gasteiger partial charge in [0.15, 0.2) is 17.2 Å². The van der Waals surface area contributed by atoms with Crippen molar-refractivity contribution in [3.05, 3.63) is 58.2 Å².